The molecule has 1 fully saturated rings. The molecule has 0 saturated carbocycles. The molecule has 0 radical (unpaired) electrons. The van der Waals surface area contributed by atoms with Crippen LogP contribution in [0.4, 0.5) is 13.2 Å². The molecule has 30 heavy (non-hydrogen) atoms. The van der Waals surface area contributed by atoms with Gasteiger partial charge in [-0.2, -0.15) is 23.4 Å². The Balaban J connectivity index is 1.40. The van der Waals surface area contributed by atoms with Gasteiger partial charge in [-0.25, -0.2) is 0 Å². The predicted octanol–water partition coefficient (Wildman–Crippen LogP) is 2.25. The van der Waals surface area contributed by atoms with Gasteiger partial charge in [0, 0.05) is 62.8 Å². The van der Waals surface area contributed by atoms with Gasteiger partial charge < -0.3 is 4.90 Å². The van der Waals surface area contributed by atoms with Crippen molar-refractivity contribution >= 4 is 5.91 Å². The summed E-state index contributed by atoms with van der Waals surface area (Å²) in [4.78, 5) is 16.8. The van der Waals surface area contributed by atoms with Gasteiger partial charge >= 0.3 is 6.18 Å². The molecule has 10 heteroatoms. The standard InChI is InChI=1S/C20H27F3N6O/c1-26-12-15(11-24-26)13-27-7-9-28(10-8-27)18(30)14-29-17-6-4-2-3-5-16(17)19(25-29)20(21,22)23/h11-12H,2-10,13-14H2,1H3. The Morgan fingerprint density at radius 1 is 1.10 bits per heavy atom. The van der Waals surface area contributed by atoms with E-state index in [1.165, 1.54) is 4.68 Å². The molecule has 0 N–H and O–H groups in total. The van der Waals surface area contributed by atoms with Crippen molar-refractivity contribution in [3.63, 3.8) is 0 Å². The number of carbonyl (C=O) groups is 1. The molecule has 0 aromatic carbocycles. The highest BCUT2D eigenvalue weighted by Gasteiger charge is 2.39. The molecule has 1 aliphatic heterocycles. The number of alkyl halides is 3. The van der Waals surface area contributed by atoms with Gasteiger partial charge in [-0.15, -0.1) is 0 Å². The van der Waals surface area contributed by atoms with Gasteiger partial charge in [0.2, 0.25) is 5.91 Å². The van der Waals surface area contributed by atoms with E-state index in [0.29, 0.717) is 31.6 Å². The monoisotopic (exact) mass is 424 g/mol. The Bertz CT molecular complexity index is 895. The number of aryl methyl sites for hydroxylation is 1. The van der Waals surface area contributed by atoms with Gasteiger partial charge in [-0.3, -0.25) is 19.1 Å². The van der Waals surface area contributed by atoms with Crippen molar-refractivity contribution < 1.29 is 18.0 Å². The highest BCUT2D eigenvalue weighted by Crippen LogP contribution is 2.35. The van der Waals surface area contributed by atoms with Crippen molar-refractivity contribution in [2.24, 2.45) is 7.05 Å². The highest BCUT2D eigenvalue weighted by molar-refractivity contribution is 5.76. The minimum Gasteiger partial charge on any atom is -0.339 e. The first kappa shape index (κ1) is 20.9. The quantitative estimate of drug-likeness (QED) is 0.707. The van der Waals surface area contributed by atoms with E-state index >= 15 is 0 Å². The van der Waals surface area contributed by atoms with E-state index in [9.17, 15) is 18.0 Å². The van der Waals surface area contributed by atoms with Crippen LogP contribution in [0.5, 0.6) is 0 Å². The zero-order chi connectivity index (χ0) is 21.3. The normalized spacial score (nSPS) is 18.3. The van der Waals surface area contributed by atoms with Crippen molar-refractivity contribution in [3.8, 4) is 0 Å². The van der Waals surface area contributed by atoms with E-state index in [1.54, 1.807) is 9.58 Å². The molecule has 2 aliphatic rings. The Labute approximate surface area is 173 Å². The fraction of sp³-hybridized carbons (Fsp3) is 0.650. The molecule has 0 spiro atoms. The number of hydrogen-bond acceptors (Lipinski definition) is 4. The summed E-state index contributed by atoms with van der Waals surface area (Å²) in [5.41, 5.74) is 1.18. The van der Waals surface area contributed by atoms with Crippen molar-refractivity contribution in [1.29, 1.82) is 0 Å². The predicted molar refractivity (Wildman–Crippen MR) is 104 cm³/mol. The number of piperazine rings is 1. The molecule has 2 aromatic rings. The SMILES string of the molecule is Cn1cc(CN2CCN(C(=O)Cn3nc(C(F)(F)F)c4c3CCCCC4)CC2)cn1. The van der Waals surface area contributed by atoms with Crippen LogP contribution >= 0.6 is 0 Å². The lowest BCUT2D eigenvalue weighted by atomic mass is 10.1. The topological polar surface area (TPSA) is 59.2 Å². The fourth-order valence-electron chi connectivity index (χ4n) is 4.40. The van der Waals surface area contributed by atoms with E-state index in [2.05, 4.69) is 15.1 Å². The van der Waals surface area contributed by atoms with Crippen LogP contribution in [0, 0.1) is 0 Å². The van der Waals surface area contributed by atoms with Crippen molar-refractivity contribution in [3.05, 3.63) is 34.9 Å². The maximum atomic E-state index is 13.5. The number of halogens is 3. The minimum absolute atomic E-state index is 0.124. The van der Waals surface area contributed by atoms with Crippen LogP contribution in [0.1, 0.15) is 41.8 Å². The molecule has 164 valence electrons. The van der Waals surface area contributed by atoms with E-state index in [4.69, 9.17) is 0 Å². The van der Waals surface area contributed by atoms with E-state index < -0.39 is 11.9 Å². The second kappa shape index (κ2) is 8.41. The molecule has 4 rings (SSSR count). The summed E-state index contributed by atoms with van der Waals surface area (Å²) in [6, 6.07) is 0. The fourth-order valence-corrected chi connectivity index (χ4v) is 4.40. The molecule has 2 aromatic heterocycles. The number of amides is 1. The summed E-state index contributed by atoms with van der Waals surface area (Å²) in [6.07, 6.45) is 2.71. The number of nitrogens with zero attached hydrogens (tertiary/aromatic N) is 6. The van der Waals surface area contributed by atoms with Gasteiger partial charge in [0.05, 0.1) is 6.20 Å². The first-order chi connectivity index (χ1) is 14.3. The third-order valence-electron chi connectivity index (χ3n) is 5.95. The Morgan fingerprint density at radius 3 is 2.50 bits per heavy atom. The highest BCUT2D eigenvalue weighted by atomic mass is 19.4. The maximum Gasteiger partial charge on any atom is 0.435 e. The molecule has 0 bridgehead atoms. The van der Waals surface area contributed by atoms with E-state index in [-0.39, 0.29) is 18.0 Å². The average Bonchev–Trinajstić information content (AvgIpc) is 3.16. The van der Waals surface area contributed by atoms with Gasteiger partial charge in [0.15, 0.2) is 5.69 Å². The number of hydrogen-bond donors (Lipinski definition) is 0. The van der Waals surface area contributed by atoms with Crippen LogP contribution in [0.3, 0.4) is 0 Å². The summed E-state index contributed by atoms with van der Waals surface area (Å²) in [7, 11) is 1.88. The van der Waals surface area contributed by atoms with Gasteiger partial charge in [-0.1, -0.05) is 6.42 Å². The van der Waals surface area contributed by atoms with Crippen molar-refractivity contribution in [2.75, 3.05) is 26.2 Å². The number of carbonyl (C=O) groups excluding carboxylic acids is 1. The third kappa shape index (κ3) is 4.53. The summed E-state index contributed by atoms with van der Waals surface area (Å²) >= 11 is 0. The van der Waals surface area contributed by atoms with Crippen LogP contribution in [0.25, 0.3) is 0 Å². The Hall–Kier alpha value is -2.36. The summed E-state index contributed by atoms with van der Waals surface area (Å²) in [6.45, 7) is 3.24. The average molecular weight is 424 g/mol. The second-order valence-electron chi connectivity index (χ2n) is 8.17. The summed E-state index contributed by atoms with van der Waals surface area (Å²) in [5, 5.41) is 8.01. The van der Waals surface area contributed by atoms with E-state index in [0.717, 1.165) is 44.5 Å². The lowest BCUT2D eigenvalue weighted by Crippen LogP contribution is -2.49. The van der Waals surface area contributed by atoms with Crippen LogP contribution in [-0.4, -0.2) is 61.4 Å². The van der Waals surface area contributed by atoms with Gasteiger partial charge in [0.25, 0.3) is 0 Å². The molecular formula is C20H27F3N6O. The first-order valence-electron chi connectivity index (χ1n) is 10.4. The molecule has 0 atom stereocenters. The molecule has 1 saturated heterocycles. The maximum absolute atomic E-state index is 13.5. The zero-order valence-electron chi connectivity index (χ0n) is 17.2. The zero-order valence-corrected chi connectivity index (χ0v) is 17.2. The molecule has 0 unspecified atom stereocenters. The first-order valence-corrected chi connectivity index (χ1v) is 10.4. The minimum atomic E-state index is -4.49. The van der Waals surface area contributed by atoms with E-state index in [1.807, 2.05) is 19.4 Å². The summed E-state index contributed by atoms with van der Waals surface area (Å²) < 4.78 is 43.4. The van der Waals surface area contributed by atoms with Crippen LogP contribution < -0.4 is 0 Å². The molecule has 3 heterocycles. The second-order valence-corrected chi connectivity index (χ2v) is 8.17. The smallest absolute Gasteiger partial charge is 0.339 e. The largest absolute Gasteiger partial charge is 0.435 e. The molecule has 7 nitrogen and oxygen atoms in total. The van der Waals surface area contributed by atoms with Gasteiger partial charge in [0.1, 0.15) is 6.54 Å². The molecule has 1 amide bonds. The van der Waals surface area contributed by atoms with Crippen molar-refractivity contribution in [2.45, 2.75) is 51.4 Å². The number of rotatable bonds is 4. The van der Waals surface area contributed by atoms with Crippen LogP contribution in [0.15, 0.2) is 12.4 Å². The number of fused-ring (bicyclic) bond motifs is 1. The van der Waals surface area contributed by atoms with Crippen LogP contribution in [0.2, 0.25) is 0 Å². The number of aromatic nitrogens is 4. The molecule has 1 aliphatic carbocycles. The lowest BCUT2D eigenvalue weighted by Gasteiger charge is -2.34. The Kier molecular flexibility index (Phi) is 5.86. The van der Waals surface area contributed by atoms with Crippen molar-refractivity contribution in [1.82, 2.24) is 29.4 Å². The Morgan fingerprint density at radius 2 is 1.83 bits per heavy atom. The van der Waals surface area contributed by atoms with Gasteiger partial charge in [-0.05, 0) is 25.7 Å². The lowest BCUT2D eigenvalue weighted by molar-refractivity contribution is -0.142. The third-order valence-corrected chi connectivity index (χ3v) is 5.95. The summed E-state index contributed by atoms with van der Waals surface area (Å²) in [5.74, 6) is -0.167. The van der Waals surface area contributed by atoms with Crippen LogP contribution in [-0.2, 0) is 43.9 Å². The molecular weight excluding hydrogens is 397 g/mol.